The highest BCUT2D eigenvalue weighted by molar-refractivity contribution is 7.99. The van der Waals surface area contributed by atoms with Gasteiger partial charge in [-0.1, -0.05) is 18.5 Å². The summed E-state index contributed by atoms with van der Waals surface area (Å²) in [4.78, 5) is 12.4. The minimum Gasteiger partial charge on any atom is -0.327 e. The summed E-state index contributed by atoms with van der Waals surface area (Å²) in [6.07, 6.45) is 1.65. The standard InChI is InChI=1S/C13H17ClN4OS/c1-3-10(15)7-8-6-9(14)4-5-11(8)20-13-17-16-12(19)18(13)2/h4-6,10H,3,7,15H2,1-2H3,(H,16,19). The Labute approximate surface area is 126 Å². The highest BCUT2D eigenvalue weighted by Gasteiger charge is 2.12. The van der Waals surface area contributed by atoms with Crippen molar-refractivity contribution in [2.24, 2.45) is 12.8 Å². The van der Waals surface area contributed by atoms with E-state index in [4.69, 9.17) is 17.3 Å². The number of hydrogen-bond acceptors (Lipinski definition) is 4. The molecule has 0 aliphatic rings. The van der Waals surface area contributed by atoms with Gasteiger partial charge in [-0.25, -0.2) is 9.89 Å². The van der Waals surface area contributed by atoms with E-state index in [9.17, 15) is 4.79 Å². The summed E-state index contributed by atoms with van der Waals surface area (Å²) < 4.78 is 1.48. The van der Waals surface area contributed by atoms with Crippen molar-refractivity contribution in [3.05, 3.63) is 39.3 Å². The van der Waals surface area contributed by atoms with E-state index in [1.165, 1.54) is 16.3 Å². The quantitative estimate of drug-likeness (QED) is 0.887. The molecule has 0 amide bonds. The maximum atomic E-state index is 11.4. The van der Waals surface area contributed by atoms with Crippen LogP contribution in [-0.2, 0) is 13.5 Å². The number of nitrogens with two attached hydrogens (primary N) is 1. The van der Waals surface area contributed by atoms with Crippen molar-refractivity contribution in [3.63, 3.8) is 0 Å². The van der Waals surface area contributed by atoms with Gasteiger partial charge in [0.15, 0.2) is 5.16 Å². The lowest BCUT2D eigenvalue weighted by molar-refractivity contribution is 0.641. The fourth-order valence-corrected chi connectivity index (χ4v) is 2.87. The van der Waals surface area contributed by atoms with Crippen LogP contribution in [-0.4, -0.2) is 20.8 Å². The number of H-pyrrole nitrogens is 1. The van der Waals surface area contributed by atoms with Crippen LogP contribution in [0.1, 0.15) is 18.9 Å². The second kappa shape index (κ2) is 6.47. The Hall–Kier alpha value is -1.24. The predicted molar refractivity (Wildman–Crippen MR) is 81.4 cm³/mol. The Balaban J connectivity index is 2.31. The average molecular weight is 313 g/mol. The molecule has 1 aromatic heterocycles. The Bertz CT molecular complexity index is 652. The van der Waals surface area contributed by atoms with Gasteiger partial charge in [-0.15, -0.1) is 5.10 Å². The Morgan fingerprint density at radius 1 is 1.55 bits per heavy atom. The monoisotopic (exact) mass is 312 g/mol. The molecule has 0 bridgehead atoms. The van der Waals surface area contributed by atoms with Crippen LogP contribution in [0.3, 0.4) is 0 Å². The van der Waals surface area contributed by atoms with Crippen molar-refractivity contribution < 1.29 is 0 Å². The van der Waals surface area contributed by atoms with Crippen molar-refractivity contribution in [3.8, 4) is 0 Å². The third-order valence-electron chi connectivity index (χ3n) is 3.07. The van der Waals surface area contributed by atoms with Crippen LogP contribution in [0.25, 0.3) is 0 Å². The molecule has 0 saturated heterocycles. The lowest BCUT2D eigenvalue weighted by atomic mass is 10.0. The molecule has 0 spiro atoms. The Morgan fingerprint density at radius 2 is 2.30 bits per heavy atom. The topological polar surface area (TPSA) is 76.7 Å². The smallest absolute Gasteiger partial charge is 0.327 e. The van der Waals surface area contributed by atoms with Gasteiger partial charge in [-0.2, -0.15) is 0 Å². The molecule has 0 aliphatic carbocycles. The van der Waals surface area contributed by atoms with Crippen LogP contribution in [0, 0.1) is 0 Å². The molecule has 1 aromatic carbocycles. The van der Waals surface area contributed by atoms with E-state index in [2.05, 4.69) is 17.1 Å². The first kappa shape index (κ1) is 15.2. The van der Waals surface area contributed by atoms with E-state index in [0.29, 0.717) is 10.2 Å². The minimum absolute atomic E-state index is 0.0934. The zero-order valence-electron chi connectivity index (χ0n) is 11.4. The number of rotatable bonds is 5. The van der Waals surface area contributed by atoms with E-state index >= 15 is 0 Å². The van der Waals surface area contributed by atoms with Gasteiger partial charge in [-0.3, -0.25) is 4.57 Å². The number of aromatic amines is 1. The van der Waals surface area contributed by atoms with Crippen LogP contribution in [0.4, 0.5) is 0 Å². The van der Waals surface area contributed by atoms with Crippen LogP contribution >= 0.6 is 23.4 Å². The molecule has 7 heteroatoms. The minimum atomic E-state index is -0.228. The molecule has 20 heavy (non-hydrogen) atoms. The molecule has 3 N–H and O–H groups in total. The molecule has 2 aromatic rings. The average Bonchev–Trinajstić information content (AvgIpc) is 2.73. The molecule has 1 heterocycles. The van der Waals surface area contributed by atoms with Crippen molar-refractivity contribution in [1.29, 1.82) is 0 Å². The fourth-order valence-electron chi connectivity index (χ4n) is 1.76. The van der Waals surface area contributed by atoms with Crippen LogP contribution in [0.15, 0.2) is 33.0 Å². The van der Waals surface area contributed by atoms with E-state index < -0.39 is 0 Å². The summed E-state index contributed by atoms with van der Waals surface area (Å²) in [5.74, 6) is 0. The van der Waals surface area contributed by atoms with E-state index in [1.54, 1.807) is 7.05 Å². The van der Waals surface area contributed by atoms with E-state index in [1.807, 2.05) is 18.2 Å². The molecule has 5 nitrogen and oxygen atoms in total. The lowest BCUT2D eigenvalue weighted by Gasteiger charge is -2.13. The number of nitrogens with zero attached hydrogens (tertiary/aromatic N) is 2. The van der Waals surface area contributed by atoms with Gasteiger partial charge in [0.2, 0.25) is 0 Å². The predicted octanol–water partition coefficient (Wildman–Crippen LogP) is 2.19. The Kier molecular flexibility index (Phi) is 4.91. The van der Waals surface area contributed by atoms with Crippen LogP contribution in [0.5, 0.6) is 0 Å². The van der Waals surface area contributed by atoms with Crippen molar-refractivity contribution in [1.82, 2.24) is 14.8 Å². The van der Waals surface area contributed by atoms with Crippen molar-refractivity contribution >= 4 is 23.4 Å². The maximum absolute atomic E-state index is 11.4. The zero-order chi connectivity index (χ0) is 14.7. The molecule has 0 saturated carbocycles. The number of aromatic nitrogens is 3. The fraction of sp³-hybridized carbons (Fsp3) is 0.385. The summed E-state index contributed by atoms with van der Waals surface area (Å²) in [5, 5.41) is 7.72. The number of hydrogen-bond donors (Lipinski definition) is 2. The summed E-state index contributed by atoms with van der Waals surface area (Å²) in [7, 11) is 1.68. The molecule has 2 rings (SSSR count). The van der Waals surface area contributed by atoms with Gasteiger partial charge in [0.05, 0.1) is 0 Å². The number of benzene rings is 1. The van der Waals surface area contributed by atoms with Crippen LogP contribution in [0.2, 0.25) is 5.02 Å². The zero-order valence-corrected chi connectivity index (χ0v) is 13.0. The second-order valence-electron chi connectivity index (χ2n) is 4.60. The summed E-state index contributed by atoms with van der Waals surface area (Å²) >= 11 is 7.48. The van der Waals surface area contributed by atoms with Crippen molar-refractivity contribution in [2.75, 3.05) is 0 Å². The first-order valence-electron chi connectivity index (χ1n) is 6.34. The third-order valence-corrected chi connectivity index (χ3v) is 4.47. The number of halogens is 1. The molecule has 1 unspecified atom stereocenters. The molecular weight excluding hydrogens is 296 g/mol. The lowest BCUT2D eigenvalue weighted by Crippen LogP contribution is -2.21. The van der Waals surface area contributed by atoms with Crippen molar-refractivity contribution in [2.45, 2.75) is 35.9 Å². The second-order valence-corrected chi connectivity index (χ2v) is 6.04. The Morgan fingerprint density at radius 3 is 2.90 bits per heavy atom. The molecule has 1 atom stereocenters. The van der Waals surface area contributed by atoms with Gasteiger partial charge >= 0.3 is 5.69 Å². The SMILES string of the molecule is CCC(N)Cc1cc(Cl)ccc1Sc1n[nH]c(=O)n1C. The van der Waals surface area contributed by atoms with Gasteiger partial charge in [0, 0.05) is 23.0 Å². The molecule has 0 fully saturated rings. The third kappa shape index (κ3) is 3.45. The summed E-state index contributed by atoms with van der Waals surface area (Å²) in [6.45, 7) is 2.06. The largest absolute Gasteiger partial charge is 0.343 e. The van der Waals surface area contributed by atoms with Crippen LogP contribution < -0.4 is 11.4 Å². The molecular formula is C13H17ClN4OS. The van der Waals surface area contributed by atoms with Gasteiger partial charge < -0.3 is 5.73 Å². The van der Waals surface area contributed by atoms with E-state index in [-0.39, 0.29) is 11.7 Å². The van der Waals surface area contributed by atoms with E-state index in [0.717, 1.165) is 23.3 Å². The summed E-state index contributed by atoms with van der Waals surface area (Å²) in [6, 6.07) is 5.78. The summed E-state index contributed by atoms with van der Waals surface area (Å²) in [5.41, 5.74) is 6.87. The molecule has 108 valence electrons. The van der Waals surface area contributed by atoms with Gasteiger partial charge in [0.25, 0.3) is 0 Å². The normalized spacial score (nSPS) is 12.6. The highest BCUT2D eigenvalue weighted by atomic mass is 35.5. The van der Waals surface area contributed by atoms with Gasteiger partial charge in [-0.05, 0) is 48.4 Å². The molecule has 0 aliphatic heterocycles. The molecule has 0 radical (unpaired) electrons. The van der Waals surface area contributed by atoms with Gasteiger partial charge in [0.1, 0.15) is 0 Å². The maximum Gasteiger partial charge on any atom is 0.343 e. The first-order valence-corrected chi connectivity index (χ1v) is 7.54. The number of nitrogens with one attached hydrogen (secondary N) is 1. The highest BCUT2D eigenvalue weighted by Crippen LogP contribution is 2.30. The first-order chi connectivity index (χ1) is 9.51.